The first-order valence-corrected chi connectivity index (χ1v) is 6.98. The van der Waals surface area contributed by atoms with Crippen LogP contribution in [0.2, 0.25) is 0 Å². The summed E-state index contributed by atoms with van der Waals surface area (Å²) in [6.45, 7) is 3.95. The summed E-state index contributed by atoms with van der Waals surface area (Å²) in [4.78, 5) is 8.29. The van der Waals surface area contributed by atoms with Crippen LogP contribution in [0.1, 0.15) is 25.3 Å². The Morgan fingerprint density at radius 1 is 1.14 bits per heavy atom. The molecule has 0 saturated carbocycles. The van der Waals surface area contributed by atoms with Crippen LogP contribution in [0.25, 0.3) is 22.6 Å². The molecule has 0 saturated heterocycles. The Morgan fingerprint density at radius 2 is 1.95 bits per heavy atom. The summed E-state index contributed by atoms with van der Waals surface area (Å²) in [7, 11) is 0. The Hall–Kier alpha value is -2.82. The fourth-order valence-corrected chi connectivity index (χ4v) is 2.39. The molecular formula is C17H16N2O3. The molecule has 0 aliphatic rings. The molecule has 0 radical (unpaired) electrons. The maximum absolute atomic E-state index is 10.2. The minimum absolute atomic E-state index is 0.0408. The van der Waals surface area contributed by atoms with Gasteiger partial charge in [-0.3, -0.25) is 4.98 Å². The summed E-state index contributed by atoms with van der Waals surface area (Å²) in [5.74, 6) is 0.681. The highest BCUT2D eigenvalue weighted by Crippen LogP contribution is 2.40. The third kappa shape index (κ3) is 2.41. The molecule has 0 spiro atoms. The predicted molar refractivity (Wildman–Crippen MR) is 82.6 cm³/mol. The van der Waals surface area contributed by atoms with Crippen LogP contribution in [0.15, 0.2) is 47.5 Å². The highest BCUT2D eigenvalue weighted by atomic mass is 16.3. The number of hydrogen-bond acceptors (Lipinski definition) is 5. The third-order valence-corrected chi connectivity index (χ3v) is 3.51. The van der Waals surface area contributed by atoms with Crippen molar-refractivity contribution < 1.29 is 14.6 Å². The molecule has 0 bridgehead atoms. The van der Waals surface area contributed by atoms with E-state index in [2.05, 4.69) is 9.97 Å². The number of aromatic hydroxyl groups is 2. The van der Waals surface area contributed by atoms with Gasteiger partial charge in [0, 0.05) is 29.6 Å². The zero-order valence-corrected chi connectivity index (χ0v) is 12.3. The number of phenolic OH excluding ortho intramolecular Hbond substituents is 2. The summed E-state index contributed by atoms with van der Waals surface area (Å²) < 4.78 is 5.47. The van der Waals surface area contributed by atoms with Crippen molar-refractivity contribution in [3.8, 4) is 34.1 Å². The molecule has 5 nitrogen and oxygen atoms in total. The van der Waals surface area contributed by atoms with Crippen molar-refractivity contribution in [1.82, 2.24) is 9.97 Å². The Bertz CT molecular complexity index is 795. The number of benzene rings is 1. The Balaban J connectivity index is 2.18. The van der Waals surface area contributed by atoms with Gasteiger partial charge in [-0.25, -0.2) is 4.98 Å². The zero-order chi connectivity index (χ0) is 15.7. The van der Waals surface area contributed by atoms with Gasteiger partial charge < -0.3 is 14.6 Å². The molecule has 0 aliphatic heterocycles. The molecule has 0 amide bonds. The van der Waals surface area contributed by atoms with Crippen LogP contribution in [0.4, 0.5) is 0 Å². The van der Waals surface area contributed by atoms with Crippen LogP contribution in [0, 0.1) is 0 Å². The number of nitrogens with zero attached hydrogens (tertiary/aromatic N) is 2. The van der Waals surface area contributed by atoms with Crippen molar-refractivity contribution in [3.05, 3.63) is 48.6 Å². The van der Waals surface area contributed by atoms with E-state index in [4.69, 9.17) is 4.42 Å². The first kappa shape index (κ1) is 14.1. The minimum atomic E-state index is -0.0408. The molecular weight excluding hydrogens is 280 g/mol. The van der Waals surface area contributed by atoms with E-state index in [1.807, 2.05) is 19.9 Å². The van der Waals surface area contributed by atoms with Gasteiger partial charge in [-0.1, -0.05) is 13.8 Å². The van der Waals surface area contributed by atoms with Gasteiger partial charge in [0.05, 0.1) is 0 Å². The van der Waals surface area contributed by atoms with Gasteiger partial charge in [0.1, 0.15) is 17.2 Å². The summed E-state index contributed by atoms with van der Waals surface area (Å²) in [6, 6.07) is 6.75. The minimum Gasteiger partial charge on any atom is -0.508 e. The molecule has 112 valence electrons. The van der Waals surface area contributed by atoms with Gasteiger partial charge in [-0.05, 0) is 29.7 Å². The van der Waals surface area contributed by atoms with Crippen LogP contribution in [0.5, 0.6) is 11.5 Å². The van der Waals surface area contributed by atoms with Gasteiger partial charge >= 0.3 is 0 Å². The highest BCUT2D eigenvalue weighted by molar-refractivity contribution is 5.80. The van der Waals surface area contributed by atoms with Crippen LogP contribution in [-0.2, 0) is 0 Å². The van der Waals surface area contributed by atoms with E-state index in [9.17, 15) is 10.2 Å². The average Bonchev–Trinajstić information content (AvgIpc) is 2.97. The molecule has 1 aromatic carbocycles. The van der Waals surface area contributed by atoms with E-state index < -0.39 is 0 Å². The van der Waals surface area contributed by atoms with Gasteiger partial charge in [0.15, 0.2) is 12.2 Å². The van der Waals surface area contributed by atoms with Gasteiger partial charge in [0.25, 0.3) is 0 Å². The summed E-state index contributed by atoms with van der Waals surface area (Å²) in [5, 5.41) is 20.1. The number of rotatable bonds is 3. The lowest BCUT2D eigenvalue weighted by Gasteiger charge is -2.12. The molecule has 5 heteroatoms. The molecule has 3 aromatic rings. The lowest BCUT2D eigenvalue weighted by molar-refractivity contribution is 0.445. The summed E-state index contributed by atoms with van der Waals surface area (Å²) in [6.07, 6.45) is 4.68. The van der Waals surface area contributed by atoms with Crippen molar-refractivity contribution in [1.29, 1.82) is 0 Å². The zero-order valence-electron chi connectivity index (χ0n) is 12.3. The maximum Gasteiger partial charge on any atom is 0.182 e. The Morgan fingerprint density at radius 3 is 2.64 bits per heavy atom. The Kier molecular flexibility index (Phi) is 3.55. The van der Waals surface area contributed by atoms with Crippen LogP contribution < -0.4 is 0 Å². The van der Waals surface area contributed by atoms with Gasteiger partial charge in [-0.2, -0.15) is 0 Å². The molecule has 0 aliphatic carbocycles. The van der Waals surface area contributed by atoms with Crippen molar-refractivity contribution in [3.63, 3.8) is 0 Å². The summed E-state index contributed by atoms with van der Waals surface area (Å²) in [5.41, 5.74) is 2.56. The largest absolute Gasteiger partial charge is 0.508 e. The molecule has 0 atom stereocenters. The molecule has 2 aromatic heterocycles. The number of aromatic nitrogens is 2. The SMILES string of the molecule is CC(C)c1cc(-c2ncoc2-c2cccnc2)c(O)cc1O. The van der Waals surface area contributed by atoms with Crippen LogP contribution >= 0.6 is 0 Å². The number of pyridine rings is 1. The third-order valence-electron chi connectivity index (χ3n) is 3.51. The molecule has 0 fully saturated rings. The smallest absolute Gasteiger partial charge is 0.182 e. The second-order valence-electron chi connectivity index (χ2n) is 5.35. The predicted octanol–water partition coefficient (Wildman–Crippen LogP) is 3.94. The molecule has 3 rings (SSSR count). The second kappa shape index (κ2) is 5.52. The van der Waals surface area contributed by atoms with E-state index >= 15 is 0 Å². The normalized spacial score (nSPS) is 11.0. The summed E-state index contributed by atoms with van der Waals surface area (Å²) >= 11 is 0. The fraction of sp³-hybridized carbons (Fsp3) is 0.176. The maximum atomic E-state index is 10.2. The second-order valence-corrected chi connectivity index (χ2v) is 5.35. The van der Waals surface area contributed by atoms with E-state index in [1.54, 1.807) is 24.5 Å². The standard InChI is InChI=1S/C17H16N2O3/c1-10(2)12-6-13(15(21)7-14(12)20)16-17(22-9-19-16)11-4-3-5-18-8-11/h3-10,20-21H,1-2H3. The lowest BCUT2D eigenvalue weighted by atomic mass is 9.96. The number of hydrogen-bond donors (Lipinski definition) is 2. The number of oxazole rings is 1. The Labute approximate surface area is 127 Å². The van der Waals surface area contributed by atoms with E-state index in [0.717, 1.165) is 11.1 Å². The van der Waals surface area contributed by atoms with Crippen LogP contribution in [0.3, 0.4) is 0 Å². The van der Waals surface area contributed by atoms with Gasteiger partial charge in [-0.15, -0.1) is 0 Å². The molecule has 0 unspecified atom stereocenters. The van der Waals surface area contributed by atoms with E-state index in [1.165, 1.54) is 12.5 Å². The van der Waals surface area contributed by atoms with Gasteiger partial charge in [0.2, 0.25) is 0 Å². The molecule has 2 N–H and O–H groups in total. The van der Waals surface area contributed by atoms with E-state index in [0.29, 0.717) is 17.0 Å². The lowest BCUT2D eigenvalue weighted by Crippen LogP contribution is -1.91. The average molecular weight is 296 g/mol. The van der Waals surface area contributed by atoms with E-state index in [-0.39, 0.29) is 17.4 Å². The monoisotopic (exact) mass is 296 g/mol. The highest BCUT2D eigenvalue weighted by Gasteiger charge is 2.19. The topological polar surface area (TPSA) is 79.4 Å². The van der Waals surface area contributed by atoms with Crippen LogP contribution in [-0.4, -0.2) is 20.2 Å². The first-order valence-electron chi connectivity index (χ1n) is 6.98. The van der Waals surface area contributed by atoms with Crippen molar-refractivity contribution in [2.75, 3.05) is 0 Å². The molecule has 2 heterocycles. The quantitative estimate of drug-likeness (QED) is 0.765. The molecule has 22 heavy (non-hydrogen) atoms. The van der Waals surface area contributed by atoms with Crippen molar-refractivity contribution >= 4 is 0 Å². The van der Waals surface area contributed by atoms with Crippen molar-refractivity contribution in [2.45, 2.75) is 19.8 Å². The number of phenols is 2. The van der Waals surface area contributed by atoms with Crippen molar-refractivity contribution in [2.24, 2.45) is 0 Å². The first-order chi connectivity index (χ1) is 10.6. The fourth-order valence-electron chi connectivity index (χ4n) is 2.39.